The number of thioether (sulfide) groups is 1. The van der Waals surface area contributed by atoms with Gasteiger partial charge in [0.15, 0.2) is 5.16 Å². The first-order valence-electron chi connectivity index (χ1n) is 8.46. The molecule has 140 valence electrons. The van der Waals surface area contributed by atoms with E-state index < -0.39 is 5.82 Å². The average Bonchev–Trinajstić information content (AvgIpc) is 3.01. The Morgan fingerprint density at radius 1 is 1.33 bits per heavy atom. The number of benzene rings is 1. The van der Waals surface area contributed by atoms with Crippen molar-refractivity contribution in [1.82, 2.24) is 9.97 Å². The summed E-state index contributed by atoms with van der Waals surface area (Å²) in [4.78, 5) is 23.3. The molecule has 2 aromatic heterocycles. The van der Waals surface area contributed by atoms with Crippen molar-refractivity contribution in [2.24, 2.45) is 0 Å². The number of amides is 1. The molecule has 3 aromatic rings. The van der Waals surface area contributed by atoms with Gasteiger partial charge in [-0.25, -0.2) is 14.4 Å². The van der Waals surface area contributed by atoms with Crippen LogP contribution in [-0.2, 0) is 17.6 Å². The number of thiophene rings is 1. The highest BCUT2D eigenvalue weighted by Gasteiger charge is 2.20. The quantitative estimate of drug-likeness (QED) is 0.426. The molecule has 0 spiro atoms. The van der Waals surface area contributed by atoms with Crippen LogP contribution < -0.4 is 11.1 Å². The van der Waals surface area contributed by atoms with E-state index in [0.717, 1.165) is 23.1 Å². The molecule has 0 saturated heterocycles. The Morgan fingerprint density at radius 3 is 2.96 bits per heavy atom. The highest BCUT2D eigenvalue weighted by molar-refractivity contribution is 9.10. The van der Waals surface area contributed by atoms with Gasteiger partial charge in [-0.15, -0.1) is 11.3 Å². The lowest BCUT2D eigenvalue weighted by atomic mass is 9.97. The second-order valence-corrected chi connectivity index (χ2v) is 9.19. The number of nitrogens with zero attached hydrogens (tertiary/aromatic N) is 2. The Bertz CT molecular complexity index is 1040. The largest absolute Gasteiger partial charge is 0.383 e. The highest BCUT2D eigenvalue weighted by Crippen LogP contribution is 2.38. The van der Waals surface area contributed by atoms with Gasteiger partial charge in [0.05, 0.1) is 16.8 Å². The van der Waals surface area contributed by atoms with E-state index in [1.54, 1.807) is 17.4 Å². The third-order valence-corrected chi connectivity index (χ3v) is 6.89. The minimum Gasteiger partial charge on any atom is -0.383 e. The maximum Gasteiger partial charge on any atom is 0.234 e. The van der Waals surface area contributed by atoms with Gasteiger partial charge < -0.3 is 11.1 Å². The Hall–Kier alpha value is -1.71. The first-order valence-corrected chi connectivity index (χ1v) is 11.1. The molecule has 0 radical (unpaired) electrons. The number of rotatable bonds is 4. The van der Waals surface area contributed by atoms with Gasteiger partial charge in [0.25, 0.3) is 0 Å². The molecule has 0 unspecified atom stereocenters. The van der Waals surface area contributed by atoms with Crippen molar-refractivity contribution in [3.05, 3.63) is 38.9 Å². The summed E-state index contributed by atoms with van der Waals surface area (Å²) in [7, 11) is 0. The van der Waals surface area contributed by atoms with Crippen LogP contribution in [0.5, 0.6) is 0 Å². The summed E-state index contributed by atoms with van der Waals surface area (Å²) in [6, 6.07) is 4.49. The standard InChI is InChI=1S/C18H16BrFN4OS2/c19-9-5-6-12(11(20)7-9)22-14(25)8-26-18-23-16(21)15-10-3-1-2-4-13(10)27-17(15)24-18/h5-7H,1-4,8H2,(H,22,25)(H2,21,23,24). The summed E-state index contributed by atoms with van der Waals surface area (Å²) in [6.45, 7) is 0. The second-order valence-electron chi connectivity index (χ2n) is 6.24. The summed E-state index contributed by atoms with van der Waals surface area (Å²) >= 11 is 6.05. The minimum absolute atomic E-state index is 0.0749. The number of hydrogen-bond donors (Lipinski definition) is 2. The lowest BCUT2D eigenvalue weighted by molar-refractivity contribution is -0.113. The molecule has 0 aliphatic heterocycles. The zero-order valence-electron chi connectivity index (χ0n) is 14.2. The fraction of sp³-hybridized carbons (Fsp3) is 0.278. The number of carbonyl (C=O) groups is 1. The lowest BCUT2D eigenvalue weighted by Crippen LogP contribution is -2.15. The minimum atomic E-state index is -0.492. The van der Waals surface area contributed by atoms with Gasteiger partial charge in [-0.1, -0.05) is 27.7 Å². The third-order valence-electron chi connectivity index (χ3n) is 4.36. The molecule has 0 fully saturated rings. The topological polar surface area (TPSA) is 80.9 Å². The van der Waals surface area contributed by atoms with Crippen LogP contribution in [-0.4, -0.2) is 21.6 Å². The third kappa shape index (κ3) is 3.95. The Kier molecular flexibility index (Phi) is 5.34. The predicted molar refractivity (Wildman–Crippen MR) is 112 cm³/mol. The molecule has 4 rings (SSSR count). The van der Waals surface area contributed by atoms with Gasteiger partial charge >= 0.3 is 0 Å². The van der Waals surface area contributed by atoms with Crippen molar-refractivity contribution < 1.29 is 9.18 Å². The summed E-state index contributed by atoms with van der Waals surface area (Å²) in [5, 5.41) is 4.00. The fourth-order valence-electron chi connectivity index (χ4n) is 3.14. The van der Waals surface area contributed by atoms with Crippen LogP contribution in [0.4, 0.5) is 15.9 Å². The molecule has 3 N–H and O–H groups in total. The van der Waals surface area contributed by atoms with Gasteiger partial charge in [-0.05, 0) is 49.4 Å². The molecule has 2 heterocycles. The number of aryl methyl sites for hydroxylation is 2. The SMILES string of the molecule is Nc1nc(SCC(=O)Nc2ccc(Br)cc2F)nc2sc3c(c12)CCCC3. The monoisotopic (exact) mass is 466 g/mol. The highest BCUT2D eigenvalue weighted by atomic mass is 79.9. The fourth-order valence-corrected chi connectivity index (χ4v) is 5.45. The van der Waals surface area contributed by atoms with Crippen molar-refractivity contribution >= 4 is 66.7 Å². The number of halogens is 2. The van der Waals surface area contributed by atoms with Crippen molar-refractivity contribution in [3.8, 4) is 0 Å². The molecule has 5 nitrogen and oxygen atoms in total. The Balaban J connectivity index is 1.48. The molecule has 0 saturated carbocycles. The van der Waals surface area contributed by atoms with E-state index >= 15 is 0 Å². The van der Waals surface area contributed by atoms with Crippen molar-refractivity contribution in [2.45, 2.75) is 30.8 Å². The van der Waals surface area contributed by atoms with Gasteiger partial charge in [-0.2, -0.15) is 0 Å². The molecule has 1 amide bonds. The number of hydrogen-bond acceptors (Lipinski definition) is 6. The zero-order chi connectivity index (χ0) is 19.0. The summed E-state index contributed by atoms with van der Waals surface area (Å²) in [5.41, 5.74) is 7.61. The van der Waals surface area contributed by atoms with Gasteiger partial charge in [0.2, 0.25) is 5.91 Å². The molecular formula is C18H16BrFN4OS2. The molecule has 1 aliphatic rings. The normalized spacial score (nSPS) is 13.6. The van der Waals surface area contributed by atoms with Crippen LogP contribution in [0.15, 0.2) is 27.8 Å². The summed E-state index contributed by atoms with van der Waals surface area (Å²) < 4.78 is 14.4. The van der Waals surface area contributed by atoms with Gasteiger partial charge in [0, 0.05) is 9.35 Å². The number of nitrogens with two attached hydrogens (primary N) is 1. The van der Waals surface area contributed by atoms with Gasteiger partial charge in [-0.3, -0.25) is 4.79 Å². The number of fused-ring (bicyclic) bond motifs is 3. The molecule has 27 heavy (non-hydrogen) atoms. The second kappa shape index (κ2) is 7.73. The van der Waals surface area contributed by atoms with E-state index in [9.17, 15) is 9.18 Å². The number of carbonyl (C=O) groups excluding carboxylic acids is 1. The molecule has 9 heteroatoms. The molecule has 1 aliphatic carbocycles. The molecular weight excluding hydrogens is 451 g/mol. The van der Waals surface area contributed by atoms with E-state index in [0.29, 0.717) is 15.4 Å². The van der Waals surface area contributed by atoms with Crippen LogP contribution in [0.25, 0.3) is 10.2 Å². The molecule has 0 atom stereocenters. The van der Waals surface area contributed by atoms with Crippen LogP contribution in [0, 0.1) is 5.82 Å². The van der Waals surface area contributed by atoms with Gasteiger partial charge in [0.1, 0.15) is 16.5 Å². The van der Waals surface area contributed by atoms with Crippen LogP contribution in [0.1, 0.15) is 23.3 Å². The van der Waals surface area contributed by atoms with E-state index in [1.807, 2.05) is 0 Å². The first-order chi connectivity index (χ1) is 13.0. The van der Waals surface area contributed by atoms with Crippen LogP contribution >= 0.6 is 39.0 Å². The average molecular weight is 467 g/mol. The number of nitrogen functional groups attached to an aromatic ring is 1. The molecule has 1 aromatic carbocycles. The predicted octanol–water partition coefficient (Wildman–Crippen LogP) is 4.78. The number of anilines is 2. The van der Waals surface area contributed by atoms with Crippen LogP contribution in [0.3, 0.4) is 0 Å². The first kappa shape index (κ1) is 18.6. The van der Waals surface area contributed by atoms with E-state index in [4.69, 9.17) is 5.73 Å². The maximum absolute atomic E-state index is 13.8. The van der Waals surface area contributed by atoms with E-state index in [2.05, 4.69) is 31.2 Å². The number of aromatic nitrogens is 2. The van der Waals surface area contributed by atoms with Crippen molar-refractivity contribution in [3.63, 3.8) is 0 Å². The van der Waals surface area contributed by atoms with E-state index in [-0.39, 0.29) is 17.3 Å². The molecule has 0 bridgehead atoms. The summed E-state index contributed by atoms with van der Waals surface area (Å²) in [6.07, 6.45) is 4.46. The number of nitrogens with one attached hydrogen (secondary N) is 1. The lowest BCUT2D eigenvalue weighted by Gasteiger charge is -2.10. The van der Waals surface area contributed by atoms with Crippen molar-refractivity contribution in [1.29, 1.82) is 0 Å². The van der Waals surface area contributed by atoms with E-state index in [1.165, 1.54) is 47.2 Å². The maximum atomic E-state index is 13.8. The Labute approximate surface area is 172 Å². The zero-order valence-corrected chi connectivity index (χ0v) is 17.4. The smallest absolute Gasteiger partial charge is 0.234 e. The van der Waals surface area contributed by atoms with Crippen LogP contribution in [0.2, 0.25) is 0 Å². The summed E-state index contributed by atoms with van der Waals surface area (Å²) in [5.74, 6) is -0.269. The van der Waals surface area contributed by atoms with Crippen molar-refractivity contribution in [2.75, 3.05) is 16.8 Å². The Morgan fingerprint density at radius 2 is 2.15 bits per heavy atom.